The first-order chi connectivity index (χ1) is 9.52. The van der Waals surface area contributed by atoms with Crippen molar-refractivity contribution in [3.8, 4) is 0 Å². The summed E-state index contributed by atoms with van der Waals surface area (Å²) in [6.45, 7) is 0.422. The highest BCUT2D eigenvalue weighted by atomic mass is 19.1. The molecular weight excluding hydrogens is 267 g/mol. The lowest BCUT2D eigenvalue weighted by Gasteiger charge is -2.15. The van der Waals surface area contributed by atoms with Crippen LogP contribution in [0.15, 0.2) is 24.3 Å². The van der Waals surface area contributed by atoms with Gasteiger partial charge in [0.1, 0.15) is 11.9 Å². The van der Waals surface area contributed by atoms with E-state index < -0.39 is 23.9 Å². The molecule has 20 heavy (non-hydrogen) atoms. The van der Waals surface area contributed by atoms with Crippen LogP contribution >= 0.6 is 0 Å². The lowest BCUT2D eigenvalue weighted by molar-refractivity contribution is -0.139. The molecule has 2 amide bonds. The molecule has 0 saturated carbocycles. The number of halogens is 1. The summed E-state index contributed by atoms with van der Waals surface area (Å²) in [6, 6.07) is 3.52. The van der Waals surface area contributed by atoms with E-state index in [1.54, 1.807) is 0 Å². The van der Waals surface area contributed by atoms with Crippen LogP contribution in [0.3, 0.4) is 0 Å². The summed E-state index contributed by atoms with van der Waals surface area (Å²) in [6.07, 6.45) is 0.782. The van der Waals surface area contributed by atoms with Gasteiger partial charge in [-0.05, 0) is 37.1 Å². The predicted molar refractivity (Wildman–Crippen MR) is 71.1 cm³/mol. The van der Waals surface area contributed by atoms with Gasteiger partial charge in [0.25, 0.3) is 0 Å². The summed E-state index contributed by atoms with van der Waals surface area (Å²) >= 11 is 0. The molecule has 0 spiro atoms. The van der Waals surface area contributed by atoms with Crippen LogP contribution in [0.4, 0.5) is 14.9 Å². The van der Waals surface area contributed by atoms with E-state index in [2.05, 4.69) is 10.6 Å². The third-order valence-electron chi connectivity index (χ3n) is 2.55. The second-order valence-corrected chi connectivity index (χ2v) is 4.13. The van der Waals surface area contributed by atoms with Crippen molar-refractivity contribution in [2.45, 2.75) is 18.9 Å². The standard InChI is InChI=1S/C13H17FN2O4/c1-20-8-2-3-11(12(17)18)16-13(19)15-10-6-4-9(14)5-7-10/h4-7,11H,2-3,8H2,1H3,(H,17,18)(H2,15,16,19). The molecule has 0 aromatic heterocycles. The smallest absolute Gasteiger partial charge is 0.326 e. The zero-order valence-corrected chi connectivity index (χ0v) is 11.1. The molecule has 1 unspecified atom stereocenters. The Labute approximate surface area is 115 Å². The van der Waals surface area contributed by atoms with E-state index >= 15 is 0 Å². The maximum atomic E-state index is 12.7. The molecule has 1 rings (SSSR count). The number of rotatable bonds is 7. The fourth-order valence-electron chi connectivity index (χ4n) is 1.55. The number of ether oxygens (including phenoxy) is 1. The Morgan fingerprint density at radius 1 is 1.35 bits per heavy atom. The normalized spacial score (nSPS) is 11.7. The van der Waals surface area contributed by atoms with Gasteiger partial charge in [-0.1, -0.05) is 0 Å². The molecular formula is C13H17FN2O4. The van der Waals surface area contributed by atoms with Crippen LogP contribution in [-0.2, 0) is 9.53 Å². The Balaban J connectivity index is 2.48. The summed E-state index contributed by atoms with van der Waals surface area (Å²) in [5, 5.41) is 13.8. The maximum Gasteiger partial charge on any atom is 0.326 e. The first-order valence-corrected chi connectivity index (χ1v) is 6.07. The fraction of sp³-hybridized carbons (Fsp3) is 0.385. The molecule has 7 heteroatoms. The minimum absolute atomic E-state index is 0.264. The molecule has 0 aliphatic rings. The number of hydrogen-bond acceptors (Lipinski definition) is 3. The number of benzene rings is 1. The second-order valence-electron chi connectivity index (χ2n) is 4.13. The van der Waals surface area contributed by atoms with Crippen LogP contribution < -0.4 is 10.6 Å². The fourth-order valence-corrected chi connectivity index (χ4v) is 1.55. The van der Waals surface area contributed by atoms with Gasteiger partial charge in [0.15, 0.2) is 0 Å². The van der Waals surface area contributed by atoms with Gasteiger partial charge in [0.2, 0.25) is 0 Å². The molecule has 0 bridgehead atoms. The van der Waals surface area contributed by atoms with Gasteiger partial charge in [-0.15, -0.1) is 0 Å². The molecule has 110 valence electrons. The van der Waals surface area contributed by atoms with Crippen molar-refractivity contribution in [1.29, 1.82) is 0 Å². The van der Waals surface area contributed by atoms with E-state index in [0.717, 1.165) is 0 Å². The van der Waals surface area contributed by atoms with Crippen LogP contribution in [0.1, 0.15) is 12.8 Å². The van der Waals surface area contributed by atoms with Crippen LogP contribution in [0, 0.1) is 5.82 Å². The zero-order valence-electron chi connectivity index (χ0n) is 11.1. The van der Waals surface area contributed by atoms with Crippen LogP contribution in [-0.4, -0.2) is 36.9 Å². The lowest BCUT2D eigenvalue weighted by atomic mass is 10.1. The van der Waals surface area contributed by atoms with E-state index in [0.29, 0.717) is 18.7 Å². The number of carbonyl (C=O) groups is 2. The highest BCUT2D eigenvalue weighted by molar-refractivity contribution is 5.92. The van der Waals surface area contributed by atoms with Crippen molar-refractivity contribution in [3.63, 3.8) is 0 Å². The number of amides is 2. The van der Waals surface area contributed by atoms with Crippen molar-refractivity contribution in [2.24, 2.45) is 0 Å². The minimum Gasteiger partial charge on any atom is -0.480 e. The number of carbonyl (C=O) groups excluding carboxylic acids is 1. The average molecular weight is 284 g/mol. The van der Waals surface area contributed by atoms with E-state index in [1.165, 1.54) is 31.4 Å². The van der Waals surface area contributed by atoms with Crippen molar-refractivity contribution in [3.05, 3.63) is 30.1 Å². The molecule has 0 saturated heterocycles. The van der Waals surface area contributed by atoms with Crippen LogP contribution in [0.25, 0.3) is 0 Å². The number of hydrogen-bond donors (Lipinski definition) is 3. The van der Waals surface area contributed by atoms with Crippen molar-refractivity contribution in [2.75, 3.05) is 19.0 Å². The molecule has 0 fully saturated rings. The number of anilines is 1. The molecule has 1 aromatic carbocycles. The molecule has 1 atom stereocenters. The largest absolute Gasteiger partial charge is 0.480 e. The number of carboxylic acids is 1. The highest BCUT2D eigenvalue weighted by Gasteiger charge is 2.19. The average Bonchev–Trinajstić information content (AvgIpc) is 2.40. The van der Waals surface area contributed by atoms with Gasteiger partial charge in [-0.2, -0.15) is 0 Å². The molecule has 3 N–H and O–H groups in total. The van der Waals surface area contributed by atoms with E-state index in [9.17, 15) is 14.0 Å². The van der Waals surface area contributed by atoms with Crippen LogP contribution in [0.2, 0.25) is 0 Å². The summed E-state index contributed by atoms with van der Waals surface area (Å²) in [5.74, 6) is -1.53. The summed E-state index contributed by atoms with van der Waals surface area (Å²) in [4.78, 5) is 22.6. The molecule has 0 aliphatic heterocycles. The molecule has 6 nitrogen and oxygen atoms in total. The summed E-state index contributed by atoms with van der Waals surface area (Å²) < 4.78 is 17.5. The third-order valence-corrected chi connectivity index (χ3v) is 2.55. The van der Waals surface area contributed by atoms with Gasteiger partial charge in [-0.25, -0.2) is 14.0 Å². The van der Waals surface area contributed by atoms with Crippen molar-refractivity contribution >= 4 is 17.7 Å². The Kier molecular flexibility index (Phi) is 6.45. The third kappa shape index (κ3) is 5.66. The van der Waals surface area contributed by atoms with Crippen molar-refractivity contribution in [1.82, 2.24) is 5.32 Å². The minimum atomic E-state index is -1.12. The molecule has 0 heterocycles. The van der Waals surface area contributed by atoms with Crippen molar-refractivity contribution < 1.29 is 23.8 Å². The Hall–Kier alpha value is -2.15. The van der Waals surface area contributed by atoms with E-state index in [-0.39, 0.29) is 6.42 Å². The Bertz CT molecular complexity index is 450. The highest BCUT2D eigenvalue weighted by Crippen LogP contribution is 2.08. The molecule has 1 aromatic rings. The Morgan fingerprint density at radius 3 is 2.55 bits per heavy atom. The first-order valence-electron chi connectivity index (χ1n) is 6.07. The summed E-state index contributed by atoms with van der Waals surface area (Å²) in [5.41, 5.74) is 0.380. The van der Waals surface area contributed by atoms with E-state index in [1.807, 2.05) is 0 Å². The maximum absolute atomic E-state index is 12.7. The number of nitrogens with one attached hydrogen (secondary N) is 2. The number of aliphatic carboxylic acids is 1. The van der Waals surface area contributed by atoms with Gasteiger partial charge in [0, 0.05) is 19.4 Å². The zero-order chi connectivity index (χ0) is 15.0. The predicted octanol–water partition coefficient (Wildman–Crippen LogP) is 1.83. The summed E-state index contributed by atoms with van der Waals surface area (Å²) in [7, 11) is 1.52. The second kappa shape index (κ2) is 8.11. The lowest BCUT2D eigenvalue weighted by Crippen LogP contribution is -2.43. The monoisotopic (exact) mass is 284 g/mol. The van der Waals surface area contributed by atoms with Gasteiger partial charge >= 0.3 is 12.0 Å². The quantitative estimate of drug-likeness (QED) is 0.666. The number of urea groups is 1. The number of carboxylic acid groups (broad SMARTS) is 1. The topological polar surface area (TPSA) is 87.7 Å². The number of methoxy groups -OCH3 is 1. The van der Waals surface area contributed by atoms with Gasteiger partial charge in [-0.3, -0.25) is 0 Å². The van der Waals surface area contributed by atoms with Crippen LogP contribution in [0.5, 0.6) is 0 Å². The first kappa shape index (κ1) is 15.9. The SMILES string of the molecule is COCCCC(NC(=O)Nc1ccc(F)cc1)C(=O)O. The van der Waals surface area contributed by atoms with Gasteiger partial charge < -0.3 is 20.5 Å². The molecule has 0 radical (unpaired) electrons. The Morgan fingerprint density at radius 2 is 2.00 bits per heavy atom. The van der Waals surface area contributed by atoms with Gasteiger partial charge in [0.05, 0.1) is 0 Å². The van der Waals surface area contributed by atoms with E-state index in [4.69, 9.17) is 9.84 Å². The molecule has 0 aliphatic carbocycles.